The first-order valence-corrected chi connectivity index (χ1v) is 7.03. The molecular formula is C11H12F2O8S. The van der Waals surface area contributed by atoms with Gasteiger partial charge < -0.3 is 9.47 Å². The van der Waals surface area contributed by atoms with Crippen LogP contribution in [0.1, 0.15) is 19.3 Å². The summed E-state index contributed by atoms with van der Waals surface area (Å²) >= 11 is -0.805. The van der Waals surface area contributed by atoms with Crippen molar-refractivity contribution < 1.29 is 47.3 Å². The summed E-state index contributed by atoms with van der Waals surface area (Å²) in [5.41, 5.74) is 0. The Morgan fingerprint density at radius 2 is 2.09 bits per heavy atom. The van der Waals surface area contributed by atoms with Gasteiger partial charge in [0.25, 0.3) is 0 Å². The van der Waals surface area contributed by atoms with Crippen molar-refractivity contribution in [1.29, 1.82) is 0 Å². The molecule has 0 spiro atoms. The van der Waals surface area contributed by atoms with E-state index in [1.807, 2.05) is 0 Å². The summed E-state index contributed by atoms with van der Waals surface area (Å²) in [4.78, 5) is 34.2. The molecule has 11 heteroatoms. The highest BCUT2D eigenvalue weighted by molar-refractivity contribution is 7.96. The molecular weight excluding hydrogens is 330 g/mol. The summed E-state index contributed by atoms with van der Waals surface area (Å²) in [7, 11) is 0. The summed E-state index contributed by atoms with van der Waals surface area (Å²) in [6.45, 7) is -1.06. The molecule has 0 amide bonds. The van der Waals surface area contributed by atoms with Gasteiger partial charge in [0.1, 0.15) is 12.0 Å². The van der Waals surface area contributed by atoms with Crippen LogP contribution in [0.4, 0.5) is 8.78 Å². The minimum absolute atomic E-state index is 0.0516. The molecule has 3 atom stereocenters. The lowest BCUT2D eigenvalue weighted by Crippen LogP contribution is -2.35. The maximum atomic E-state index is 13.0. The highest BCUT2D eigenvalue weighted by Crippen LogP contribution is 2.43. The Bertz CT molecular complexity index is 471. The molecule has 22 heavy (non-hydrogen) atoms. The fraction of sp³-hybridized carbons (Fsp3) is 0.727. The zero-order chi connectivity index (χ0) is 16.3. The molecule has 0 aromatic heterocycles. The van der Waals surface area contributed by atoms with Gasteiger partial charge in [0.15, 0.2) is 18.5 Å². The van der Waals surface area contributed by atoms with E-state index in [0.717, 1.165) is 12.8 Å². The summed E-state index contributed by atoms with van der Waals surface area (Å²) in [6, 6.07) is 0. The standard InChI is InChI=1S/C11H12F2O8S/c12-11(13,22-21-20-17)10(16)18-4-7(14)19-9-6-2-1-5(3-6)8(9)15/h5-6,9,17H,1-4H2. The van der Waals surface area contributed by atoms with Crippen LogP contribution >= 0.6 is 12.0 Å². The number of ether oxygens (including phenoxy) is 2. The number of alkyl halides is 2. The van der Waals surface area contributed by atoms with Crippen LogP contribution in [-0.4, -0.2) is 40.9 Å². The van der Waals surface area contributed by atoms with Crippen LogP contribution in [0.3, 0.4) is 0 Å². The van der Waals surface area contributed by atoms with Gasteiger partial charge in [0, 0.05) is 11.8 Å². The van der Waals surface area contributed by atoms with Gasteiger partial charge in [0.2, 0.25) is 0 Å². The zero-order valence-corrected chi connectivity index (χ0v) is 11.8. The summed E-state index contributed by atoms with van der Waals surface area (Å²) < 4.78 is 38.4. The number of esters is 2. The normalized spacial score (nSPS) is 27.0. The van der Waals surface area contributed by atoms with E-state index in [-0.39, 0.29) is 17.6 Å². The van der Waals surface area contributed by atoms with Crippen LogP contribution in [0.15, 0.2) is 0 Å². The number of hydrogen-bond donors (Lipinski definition) is 1. The largest absolute Gasteiger partial charge is 0.452 e. The van der Waals surface area contributed by atoms with E-state index >= 15 is 0 Å². The maximum absolute atomic E-state index is 13.0. The molecule has 8 nitrogen and oxygen atoms in total. The third kappa shape index (κ3) is 3.72. The molecule has 1 N–H and O–H groups in total. The molecule has 2 aliphatic rings. The van der Waals surface area contributed by atoms with Gasteiger partial charge >= 0.3 is 17.2 Å². The van der Waals surface area contributed by atoms with Gasteiger partial charge in [-0.1, -0.05) is 5.04 Å². The van der Waals surface area contributed by atoms with E-state index in [1.54, 1.807) is 0 Å². The Balaban J connectivity index is 1.76. The molecule has 2 fully saturated rings. The molecule has 0 heterocycles. The van der Waals surface area contributed by atoms with Crippen LogP contribution in [0.25, 0.3) is 0 Å². The quantitative estimate of drug-likeness (QED) is 0.315. The molecule has 2 bridgehead atoms. The fourth-order valence-electron chi connectivity index (χ4n) is 2.64. The highest BCUT2D eigenvalue weighted by atomic mass is 32.2. The molecule has 3 unspecified atom stereocenters. The van der Waals surface area contributed by atoms with Crippen LogP contribution < -0.4 is 0 Å². The van der Waals surface area contributed by atoms with Crippen LogP contribution in [0.5, 0.6) is 0 Å². The van der Waals surface area contributed by atoms with Gasteiger partial charge in [-0.15, -0.1) is 4.33 Å². The van der Waals surface area contributed by atoms with E-state index < -0.39 is 41.9 Å². The zero-order valence-electron chi connectivity index (χ0n) is 11.0. The van der Waals surface area contributed by atoms with Gasteiger partial charge in [-0.2, -0.15) is 8.78 Å². The number of carbonyl (C=O) groups is 3. The third-order valence-electron chi connectivity index (χ3n) is 3.57. The number of halogens is 2. The molecule has 0 radical (unpaired) electrons. The maximum Gasteiger partial charge on any atom is 0.415 e. The average Bonchev–Trinajstić information content (AvgIpc) is 3.06. The third-order valence-corrected chi connectivity index (χ3v) is 4.08. The molecule has 2 rings (SSSR count). The first-order chi connectivity index (χ1) is 10.3. The monoisotopic (exact) mass is 342 g/mol. The number of ketones is 1. The van der Waals surface area contributed by atoms with Gasteiger partial charge in [-0.05, 0) is 19.3 Å². The van der Waals surface area contributed by atoms with Gasteiger partial charge in [-0.3, -0.25) is 4.79 Å². The van der Waals surface area contributed by atoms with Gasteiger partial charge in [-0.25, -0.2) is 14.8 Å². The minimum atomic E-state index is -4.19. The number of hydrogen-bond acceptors (Lipinski definition) is 9. The van der Waals surface area contributed by atoms with Gasteiger partial charge in [0.05, 0.1) is 0 Å². The number of rotatable bonds is 7. The Morgan fingerprint density at radius 3 is 2.68 bits per heavy atom. The second-order valence-corrected chi connectivity index (χ2v) is 5.72. The van der Waals surface area contributed by atoms with Crippen LogP contribution in [-0.2, 0) is 33.2 Å². The summed E-state index contributed by atoms with van der Waals surface area (Å²) in [5.74, 6) is -3.50. The number of carbonyl (C=O) groups excluding carboxylic acids is 3. The van der Waals surface area contributed by atoms with Crippen molar-refractivity contribution in [3.05, 3.63) is 0 Å². The first-order valence-electron chi connectivity index (χ1n) is 6.29. The van der Waals surface area contributed by atoms with E-state index in [9.17, 15) is 23.2 Å². The van der Waals surface area contributed by atoms with E-state index in [2.05, 4.69) is 14.1 Å². The van der Waals surface area contributed by atoms with Crippen molar-refractivity contribution in [2.45, 2.75) is 30.6 Å². The predicted octanol–water partition coefficient (Wildman–Crippen LogP) is 1.10. The first kappa shape index (κ1) is 17.1. The smallest absolute Gasteiger partial charge is 0.415 e. The molecule has 0 aromatic rings. The Morgan fingerprint density at radius 1 is 1.36 bits per heavy atom. The van der Waals surface area contributed by atoms with Crippen molar-refractivity contribution in [1.82, 2.24) is 0 Å². The lowest BCUT2D eigenvalue weighted by atomic mass is 9.96. The molecule has 0 aliphatic heterocycles. The molecule has 124 valence electrons. The topological polar surface area (TPSA) is 108 Å². The van der Waals surface area contributed by atoms with Crippen LogP contribution in [0.2, 0.25) is 0 Å². The summed E-state index contributed by atoms with van der Waals surface area (Å²) in [5, 5.41) is 6.47. The van der Waals surface area contributed by atoms with Crippen molar-refractivity contribution in [3.63, 3.8) is 0 Å². The minimum Gasteiger partial charge on any atom is -0.452 e. The Kier molecular flexibility index (Phi) is 5.32. The lowest BCUT2D eigenvalue weighted by molar-refractivity contribution is -0.433. The molecule has 0 saturated heterocycles. The predicted molar refractivity (Wildman–Crippen MR) is 64.0 cm³/mol. The van der Waals surface area contributed by atoms with Crippen LogP contribution in [0, 0.1) is 11.8 Å². The second-order valence-electron chi connectivity index (χ2n) is 4.90. The average molecular weight is 342 g/mol. The Labute approximate surface area is 127 Å². The SMILES string of the molecule is O=C(COC(=O)C(F)(F)SOOO)OC1C(=O)C2CCC1C2. The lowest BCUT2D eigenvalue weighted by Gasteiger charge is -2.20. The molecule has 2 saturated carbocycles. The fourth-order valence-corrected chi connectivity index (χ4v) is 2.89. The van der Waals surface area contributed by atoms with Crippen molar-refractivity contribution in [2.24, 2.45) is 11.8 Å². The van der Waals surface area contributed by atoms with E-state index in [1.165, 1.54) is 0 Å². The number of Topliss-reactive ketones (excluding diaryl/α,β-unsaturated/α-hetero) is 1. The Hall–Kier alpha value is -1.30. The van der Waals surface area contributed by atoms with Crippen molar-refractivity contribution in [2.75, 3.05) is 6.61 Å². The highest BCUT2D eigenvalue weighted by Gasteiger charge is 2.49. The van der Waals surface area contributed by atoms with Crippen molar-refractivity contribution >= 4 is 29.8 Å². The molecule has 2 aliphatic carbocycles. The second kappa shape index (κ2) is 6.86. The molecule has 0 aromatic carbocycles. The van der Waals surface area contributed by atoms with E-state index in [0.29, 0.717) is 6.42 Å². The summed E-state index contributed by atoms with van der Waals surface area (Å²) in [6.07, 6.45) is 1.31. The van der Waals surface area contributed by atoms with Crippen molar-refractivity contribution in [3.8, 4) is 0 Å². The number of fused-ring (bicyclic) bond motifs is 2. The van der Waals surface area contributed by atoms with E-state index in [4.69, 9.17) is 9.99 Å².